The number of rotatable bonds is 7. The topological polar surface area (TPSA) is 133 Å². The van der Waals surface area contributed by atoms with Crippen molar-refractivity contribution in [2.24, 2.45) is 5.92 Å². The van der Waals surface area contributed by atoms with Gasteiger partial charge in [-0.25, -0.2) is 19.9 Å². The Hall–Kier alpha value is -3.85. The van der Waals surface area contributed by atoms with Crippen molar-refractivity contribution in [3.05, 3.63) is 57.0 Å². The minimum atomic E-state index is -4.56. The van der Waals surface area contributed by atoms with Crippen molar-refractivity contribution >= 4 is 52.8 Å². The Bertz CT molecular complexity index is 1430. The van der Waals surface area contributed by atoms with Gasteiger partial charge in [-0.15, -0.1) is 11.3 Å². The van der Waals surface area contributed by atoms with Crippen LogP contribution in [0.15, 0.2) is 30.9 Å². The molecule has 1 saturated carbocycles. The van der Waals surface area contributed by atoms with Crippen LogP contribution in [-0.2, 0) is 15.8 Å². The zero-order chi connectivity index (χ0) is 30.4. The summed E-state index contributed by atoms with van der Waals surface area (Å²) in [6.07, 6.45) is 1.79. The summed E-state index contributed by atoms with van der Waals surface area (Å²) in [5.74, 6) is 0.818. The summed E-state index contributed by atoms with van der Waals surface area (Å²) in [6, 6.07) is 2.20. The highest BCUT2D eigenvalue weighted by molar-refractivity contribution is 7.11. The molecule has 1 aliphatic heterocycles. The number of pyridine rings is 1. The highest BCUT2D eigenvalue weighted by Gasteiger charge is 2.35. The van der Waals surface area contributed by atoms with Crippen molar-refractivity contribution < 1.29 is 27.6 Å². The van der Waals surface area contributed by atoms with Crippen LogP contribution >= 0.6 is 22.9 Å². The van der Waals surface area contributed by atoms with Crippen LogP contribution in [0.5, 0.6) is 0 Å². The summed E-state index contributed by atoms with van der Waals surface area (Å²) in [5.41, 5.74) is -0.694. The number of alkyl halides is 3. The van der Waals surface area contributed by atoms with Crippen LogP contribution in [-0.4, -0.2) is 69.2 Å². The van der Waals surface area contributed by atoms with Crippen molar-refractivity contribution in [1.29, 1.82) is 0 Å². The fourth-order valence-corrected chi connectivity index (χ4v) is 5.08. The molecule has 11 nitrogen and oxygen atoms in total. The second-order valence-electron chi connectivity index (χ2n) is 9.66. The molecule has 16 heteroatoms. The number of nitrogens with one attached hydrogen (secondary N) is 2. The van der Waals surface area contributed by atoms with Crippen LogP contribution in [0.2, 0.25) is 5.02 Å². The van der Waals surface area contributed by atoms with Crippen molar-refractivity contribution in [3.8, 4) is 0 Å². The molecule has 0 spiro atoms. The van der Waals surface area contributed by atoms with Crippen LogP contribution in [0.25, 0.3) is 0 Å². The van der Waals surface area contributed by atoms with E-state index in [0.29, 0.717) is 37.9 Å². The molecule has 0 aromatic carbocycles. The Balaban J connectivity index is 0.000000244. The third kappa shape index (κ3) is 8.12. The molecule has 1 saturated heterocycles. The summed E-state index contributed by atoms with van der Waals surface area (Å²) in [5, 5.41) is 5.31. The van der Waals surface area contributed by atoms with Crippen LogP contribution in [0, 0.1) is 12.8 Å². The van der Waals surface area contributed by atoms with E-state index in [0.717, 1.165) is 34.7 Å². The Morgan fingerprint density at radius 1 is 1.10 bits per heavy atom. The number of carbonyl (C=O) groups is 3. The van der Waals surface area contributed by atoms with Gasteiger partial charge in [0, 0.05) is 55.4 Å². The van der Waals surface area contributed by atoms with Crippen LogP contribution in [0.1, 0.15) is 51.7 Å². The first-order valence-electron chi connectivity index (χ1n) is 13.0. The number of piperazine rings is 1. The van der Waals surface area contributed by atoms with Gasteiger partial charge in [-0.05, 0) is 32.8 Å². The van der Waals surface area contributed by atoms with E-state index in [2.05, 4.69) is 30.2 Å². The molecular formula is C26H28ClF3N8O3S. The number of hydrogen-bond donors (Lipinski definition) is 2. The van der Waals surface area contributed by atoms with E-state index in [1.54, 1.807) is 23.6 Å². The quantitative estimate of drug-likeness (QED) is 0.375. The molecule has 0 bridgehead atoms. The van der Waals surface area contributed by atoms with Crippen molar-refractivity contribution in [2.45, 2.75) is 38.9 Å². The molecule has 5 rings (SSSR count). The maximum absolute atomic E-state index is 12.6. The minimum absolute atomic E-state index is 0.179. The molecule has 2 aliphatic rings. The fraction of sp³-hybridized carbons (Fsp3) is 0.423. The molecule has 4 heterocycles. The van der Waals surface area contributed by atoms with E-state index >= 15 is 0 Å². The lowest BCUT2D eigenvalue weighted by Gasteiger charge is -2.35. The van der Waals surface area contributed by atoms with Gasteiger partial charge >= 0.3 is 6.18 Å². The second kappa shape index (κ2) is 13.4. The number of nitrogens with zero attached hydrogens (tertiary/aromatic N) is 6. The Kier molecular flexibility index (Phi) is 9.93. The predicted octanol–water partition coefficient (Wildman–Crippen LogP) is 4.11. The van der Waals surface area contributed by atoms with E-state index in [9.17, 15) is 27.6 Å². The van der Waals surface area contributed by atoms with Crippen molar-refractivity contribution in [2.75, 3.05) is 36.4 Å². The Labute approximate surface area is 248 Å². The van der Waals surface area contributed by atoms with E-state index in [-0.39, 0.29) is 36.0 Å². The third-order valence-electron chi connectivity index (χ3n) is 6.45. The first-order chi connectivity index (χ1) is 20.0. The molecular weight excluding hydrogens is 597 g/mol. The smallest absolute Gasteiger partial charge is 0.353 e. The summed E-state index contributed by atoms with van der Waals surface area (Å²) in [7, 11) is 0. The van der Waals surface area contributed by atoms with Crippen molar-refractivity contribution in [1.82, 2.24) is 30.2 Å². The molecule has 3 aromatic rings. The van der Waals surface area contributed by atoms with Gasteiger partial charge in [-0.1, -0.05) is 11.6 Å². The normalized spacial score (nSPS) is 15.8. The SMILES string of the molecule is Cc1cnc(C(C)NC(=O)c2cc(N3CCN(C(=O)C4CC4)CC3)ncn2)s1.O=CNc1cc(C(F)(F)F)c(Cl)cn1. The summed E-state index contributed by atoms with van der Waals surface area (Å²) >= 11 is 6.85. The van der Waals surface area contributed by atoms with Crippen LogP contribution in [0.4, 0.5) is 24.8 Å². The number of carbonyl (C=O) groups excluding carboxylic acids is 3. The highest BCUT2D eigenvalue weighted by atomic mass is 35.5. The maximum Gasteiger partial charge on any atom is 0.418 e. The number of thiazole rings is 1. The van der Waals surface area contributed by atoms with Gasteiger partial charge in [-0.3, -0.25) is 14.4 Å². The zero-order valence-corrected chi connectivity index (χ0v) is 24.3. The van der Waals surface area contributed by atoms with Crippen molar-refractivity contribution in [3.63, 3.8) is 0 Å². The van der Waals surface area contributed by atoms with Gasteiger partial charge < -0.3 is 20.4 Å². The molecule has 0 radical (unpaired) electrons. The highest BCUT2D eigenvalue weighted by Crippen LogP contribution is 2.35. The molecule has 3 aromatic heterocycles. The van der Waals surface area contributed by atoms with E-state index in [4.69, 9.17) is 11.6 Å². The zero-order valence-electron chi connectivity index (χ0n) is 22.7. The Morgan fingerprint density at radius 3 is 2.40 bits per heavy atom. The van der Waals surface area contributed by atoms with Crippen LogP contribution in [0.3, 0.4) is 0 Å². The number of aryl methyl sites for hydroxylation is 1. The molecule has 2 fully saturated rings. The summed E-state index contributed by atoms with van der Waals surface area (Å²) in [4.78, 5) is 56.1. The molecule has 1 aliphatic carbocycles. The van der Waals surface area contributed by atoms with Gasteiger partial charge in [0.25, 0.3) is 5.91 Å². The van der Waals surface area contributed by atoms with E-state index < -0.39 is 16.8 Å². The maximum atomic E-state index is 12.6. The molecule has 1 unspecified atom stereocenters. The molecule has 3 amide bonds. The summed E-state index contributed by atoms with van der Waals surface area (Å²) in [6.45, 7) is 6.72. The average molecular weight is 625 g/mol. The number of aromatic nitrogens is 4. The van der Waals surface area contributed by atoms with Gasteiger partial charge in [0.15, 0.2) is 0 Å². The first-order valence-corrected chi connectivity index (χ1v) is 14.2. The average Bonchev–Trinajstić information content (AvgIpc) is 3.73. The number of amides is 3. The predicted molar refractivity (Wildman–Crippen MR) is 150 cm³/mol. The van der Waals surface area contributed by atoms with Gasteiger partial charge in [0.2, 0.25) is 12.3 Å². The second-order valence-corrected chi connectivity index (χ2v) is 11.3. The monoisotopic (exact) mass is 624 g/mol. The third-order valence-corrected chi connectivity index (χ3v) is 7.85. The standard InChI is InChI=1S/C19H24N6O2S.C7H4ClF3N2O/c1-12-10-20-18(28-12)13(2)23-17(26)15-9-16(22-11-21-15)24-5-7-25(8-6-24)19(27)14-3-4-14;8-5-2-12-6(13-3-14)1-4(5)7(9,10)11/h9-11,13-14H,3-8H2,1-2H3,(H,23,26);1-3H,(H,12,13,14). The number of halogens is 4. The number of anilines is 2. The fourth-order valence-electron chi connectivity index (χ4n) is 4.09. The van der Waals surface area contributed by atoms with Crippen LogP contribution < -0.4 is 15.5 Å². The largest absolute Gasteiger partial charge is 0.418 e. The number of hydrogen-bond acceptors (Lipinski definition) is 9. The van der Waals surface area contributed by atoms with E-state index in [1.165, 1.54) is 6.33 Å². The van der Waals surface area contributed by atoms with E-state index in [1.807, 2.05) is 24.1 Å². The van der Waals surface area contributed by atoms with Gasteiger partial charge in [-0.2, -0.15) is 13.2 Å². The lowest BCUT2D eigenvalue weighted by Crippen LogP contribution is -2.49. The minimum Gasteiger partial charge on any atom is -0.353 e. The lowest BCUT2D eigenvalue weighted by molar-refractivity contribution is -0.137. The summed E-state index contributed by atoms with van der Waals surface area (Å²) < 4.78 is 36.7. The first kappa shape index (κ1) is 31.1. The van der Waals surface area contributed by atoms with Gasteiger partial charge in [0.05, 0.1) is 16.6 Å². The lowest BCUT2D eigenvalue weighted by atomic mass is 10.2. The van der Waals surface area contributed by atoms with Gasteiger partial charge in [0.1, 0.15) is 28.7 Å². The molecule has 2 N–H and O–H groups in total. The Morgan fingerprint density at radius 2 is 1.81 bits per heavy atom. The molecule has 42 heavy (non-hydrogen) atoms. The molecule has 224 valence electrons. The molecule has 1 atom stereocenters.